The predicted octanol–water partition coefficient (Wildman–Crippen LogP) is 2.78. The van der Waals surface area contributed by atoms with Gasteiger partial charge in [-0.15, -0.1) is 0 Å². The van der Waals surface area contributed by atoms with Crippen molar-refractivity contribution in [1.82, 2.24) is 4.98 Å². The first kappa shape index (κ1) is 13.3. The van der Waals surface area contributed by atoms with Crippen LogP contribution in [0.15, 0.2) is 36.5 Å². The highest BCUT2D eigenvalue weighted by Crippen LogP contribution is 2.23. The van der Waals surface area contributed by atoms with Gasteiger partial charge >= 0.3 is 0 Å². The summed E-state index contributed by atoms with van der Waals surface area (Å²) in [5, 5.41) is 3.26. The normalized spacial score (nSPS) is 10.0. The van der Waals surface area contributed by atoms with Gasteiger partial charge in [-0.3, -0.25) is 4.98 Å². The Balaban J connectivity index is 2.16. The zero-order valence-electron chi connectivity index (χ0n) is 10.8. The number of methoxy groups -OCH3 is 1. The van der Waals surface area contributed by atoms with Crippen LogP contribution in [0, 0.1) is 6.92 Å². The second-order valence-electron chi connectivity index (χ2n) is 4.11. The van der Waals surface area contributed by atoms with Crippen LogP contribution in [-0.2, 0) is 0 Å². The van der Waals surface area contributed by atoms with Crippen LogP contribution in [0.5, 0.6) is 5.75 Å². The van der Waals surface area contributed by atoms with Crippen molar-refractivity contribution in [2.75, 3.05) is 12.4 Å². The zero-order chi connectivity index (χ0) is 13.8. The molecule has 0 aliphatic rings. The molecule has 0 bridgehead atoms. The highest BCUT2D eigenvalue weighted by Gasteiger charge is 2.02. The number of aryl methyl sites for hydroxylation is 1. The van der Waals surface area contributed by atoms with Crippen LogP contribution >= 0.6 is 12.2 Å². The van der Waals surface area contributed by atoms with Crippen molar-refractivity contribution in [3.8, 4) is 5.75 Å². The summed E-state index contributed by atoms with van der Waals surface area (Å²) in [5.41, 5.74) is 9.04. The Bertz CT molecular complexity index is 596. The molecule has 1 aromatic heterocycles. The van der Waals surface area contributed by atoms with E-state index in [0.29, 0.717) is 10.7 Å². The fraction of sp³-hybridized carbons (Fsp3) is 0.143. The number of nitrogens with two attached hydrogens (primary N) is 1. The Morgan fingerprint density at radius 2 is 2.00 bits per heavy atom. The summed E-state index contributed by atoms with van der Waals surface area (Å²) in [6.07, 6.45) is 1.70. The minimum Gasteiger partial charge on any atom is -0.496 e. The van der Waals surface area contributed by atoms with E-state index in [1.165, 1.54) is 0 Å². The van der Waals surface area contributed by atoms with Gasteiger partial charge in [0.2, 0.25) is 0 Å². The number of hydrogen-bond acceptors (Lipinski definition) is 4. The number of nitrogens with one attached hydrogen (secondary N) is 1. The van der Waals surface area contributed by atoms with Crippen LogP contribution in [-0.4, -0.2) is 17.1 Å². The van der Waals surface area contributed by atoms with Crippen molar-refractivity contribution in [3.63, 3.8) is 0 Å². The first-order chi connectivity index (χ1) is 9.10. The molecule has 1 heterocycles. The average Bonchev–Trinajstić information content (AvgIpc) is 2.39. The Labute approximate surface area is 117 Å². The molecule has 0 amide bonds. The number of aromatic nitrogens is 1. The lowest BCUT2D eigenvalue weighted by Gasteiger charge is -2.10. The van der Waals surface area contributed by atoms with Gasteiger partial charge in [0.15, 0.2) is 0 Å². The van der Waals surface area contributed by atoms with Crippen LogP contribution in [0.2, 0.25) is 0 Å². The van der Waals surface area contributed by atoms with Crippen LogP contribution in [0.3, 0.4) is 0 Å². The van der Waals surface area contributed by atoms with Gasteiger partial charge in [-0.05, 0) is 42.8 Å². The summed E-state index contributed by atoms with van der Waals surface area (Å²) >= 11 is 4.86. The Morgan fingerprint density at radius 1 is 1.26 bits per heavy atom. The molecule has 1 aromatic carbocycles. The molecule has 0 aliphatic heterocycles. The molecule has 0 saturated heterocycles. The molecule has 2 rings (SSSR count). The second kappa shape index (κ2) is 5.67. The van der Waals surface area contributed by atoms with Crippen molar-refractivity contribution in [2.24, 2.45) is 5.73 Å². The largest absolute Gasteiger partial charge is 0.496 e. The van der Waals surface area contributed by atoms with Gasteiger partial charge in [0, 0.05) is 5.69 Å². The molecule has 0 aliphatic carbocycles. The molecular formula is C14H15N3OS. The Hall–Kier alpha value is -2.14. The minimum absolute atomic E-state index is 0.298. The molecule has 0 atom stereocenters. The lowest BCUT2D eigenvalue weighted by Crippen LogP contribution is -2.11. The summed E-state index contributed by atoms with van der Waals surface area (Å²) in [6, 6.07) is 9.57. The SMILES string of the molecule is COc1ccc(Nc2ccc(C(N)=S)nc2)cc1C. The van der Waals surface area contributed by atoms with E-state index in [1.807, 2.05) is 31.2 Å². The summed E-state index contributed by atoms with van der Waals surface area (Å²) < 4.78 is 5.22. The van der Waals surface area contributed by atoms with Gasteiger partial charge < -0.3 is 15.8 Å². The topological polar surface area (TPSA) is 60.2 Å². The summed E-state index contributed by atoms with van der Waals surface area (Å²) in [4.78, 5) is 4.48. The lowest BCUT2D eigenvalue weighted by atomic mass is 10.2. The monoisotopic (exact) mass is 273 g/mol. The number of pyridine rings is 1. The Morgan fingerprint density at radius 3 is 2.53 bits per heavy atom. The van der Waals surface area contributed by atoms with Crippen molar-refractivity contribution >= 4 is 28.6 Å². The van der Waals surface area contributed by atoms with Crippen molar-refractivity contribution in [2.45, 2.75) is 6.92 Å². The molecule has 0 unspecified atom stereocenters. The van der Waals surface area contributed by atoms with Crippen molar-refractivity contribution < 1.29 is 4.74 Å². The molecule has 4 nitrogen and oxygen atoms in total. The first-order valence-corrected chi connectivity index (χ1v) is 6.18. The van der Waals surface area contributed by atoms with E-state index in [2.05, 4.69) is 10.3 Å². The number of ether oxygens (including phenoxy) is 1. The number of rotatable bonds is 4. The number of anilines is 2. The van der Waals surface area contributed by atoms with Crippen LogP contribution < -0.4 is 15.8 Å². The van der Waals surface area contributed by atoms with Gasteiger partial charge in [0.25, 0.3) is 0 Å². The molecule has 2 aromatic rings. The number of nitrogens with zero attached hydrogens (tertiary/aromatic N) is 1. The molecular weight excluding hydrogens is 258 g/mol. The molecule has 5 heteroatoms. The van der Waals surface area contributed by atoms with E-state index >= 15 is 0 Å². The summed E-state index contributed by atoms with van der Waals surface area (Å²) in [7, 11) is 1.66. The third kappa shape index (κ3) is 3.20. The zero-order valence-corrected chi connectivity index (χ0v) is 11.6. The molecule has 98 valence electrons. The van der Waals surface area contributed by atoms with Crippen LogP contribution in [0.25, 0.3) is 0 Å². The molecule has 0 saturated carbocycles. The third-order valence-corrected chi connectivity index (χ3v) is 2.91. The first-order valence-electron chi connectivity index (χ1n) is 5.77. The van der Waals surface area contributed by atoms with Gasteiger partial charge in [-0.2, -0.15) is 0 Å². The van der Waals surface area contributed by atoms with Crippen molar-refractivity contribution in [3.05, 3.63) is 47.8 Å². The Kier molecular flexibility index (Phi) is 3.97. The van der Waals surface area contributed by atoms with E-state index in [0.717, 1.165) is 22.7 Å². The lowest BCUT2D eigenvalue weighted by molar-refractivity contribution is 0.412. The van der Waals surface area contributed by atoms with E-state index in [1.54, 1.807) is 19.4 Å². The van der Waals surface area contributed by atoms with Gasteiger partial charge in [0.05, 0.1) is 24.7 Å². The van der Waals surface area contributed by atoms with Crippen LogP contribution in [0.4, 0.5) is 11.4 Å². The summed E-state index contributed by atoms with van der Waals surface area (Å²) in [5.74, 6) is 0.868. The van der Waals surface area contributed by atoms with Gasteiger partial charge in [-0.1, -0.05) is 12.2 Å². The molecule has 0 spiro atoms. The fourth-order valence-corrected chi connectivity index (χ4v) is 1.86. The maximum absolute atomic E-state index is 5.50. The fourth-order valence-electron chi connectivity index (χ4n) is 1.74. The highest BCUT2D eigenvalue weighted by molar-refractivity contribution is 7.80. The van der Waals surface area contributed by atoms with Crippen LogP contribution in [0.1, 0.15) is 11.3 Å². The van der Waals surface area contributed by atoms with E-state index in [-0.39, 0.29) is 0 Å². The van der Waals surface area contributed by atoms with E-state index in [4.69, 9.17) is 22.7 Å². The van der Waals surface area contributed by atoms with Gasteiger partial charge in [-0.25, -0.2) is 0 Å². The van der Waals surface area contributed by atoms with E-state index in [9.17, 15) is 0 Å². The molecule has 19 heavy (non-hydrogen) atoms. The molecule has 0 fully saturated rings. The van der Waals surface area contributed by atoms with Gasteiger partial charge in [0.1, 0.15) is 10.7 Å². The average molecular weight is 273 g/mol. The number of thiocarbonyl (C=S) groups is 1. The third-order valence-electron chi connectivity index (χ3n) is 2.70. The maximum atomic E-state index is 5.50. The quantitative estimate of drug-likeness (QED) is 0.839. The minimum atomic E-state index is 0.298. The molecule has 0 radical (unpaired) electrons. The summed E-state index contributed by atoms with van der Waals surface area (Å²) in [6.45, 7) is 2.00. The predicted molar refractivity (Wildman–Crippen MR) is 81.1 cm³/mol. The number of benzene rings is 1. The maximum Gasteiger partial charge on any atom is 0.122 e. The standard InChI is InChI=1S/C14H15N3OS/c1-9-7-10(4-6-13(9)18-2)17-11-3-5-12(14(15)19)16-8-11/h3-8,17H,1-2H3,(H2,15,19). The number of hydrogen-bond donors (Lipinski definition) is 2. The molecule has 3 N–H and O–H groups in total. The second-order valence-corrected chi connectivity index (χ2v) is 4.55. The highest BCUT2D eigenvalue weighted by atomic mass is 32.1. The smallest absolute Gasteiger partial charge is 0.122 e. The van der Waals surface area contributed by atoms with E-state index < -0.39 is 0 Å². The van der Waals surface area contributed by atoms with Crippen molar-refractivity contribution in [1.29, 1.82) is 0 Å².